The van der Waals surface area contributed by atoms with Gasteiger partial charge in [0, 0.05) is 31.0 Å². The number of aliphatic hydroxyl groups excluding tert-OH is 2. The SMILES string of the molecule is CC[C@H]1OC(=O)[C@H](C)[C@@H](O)[C@H](C)[C@@H](OC2=C[C@](I)(N(C)C)C=C(C3CCCOC3C)C2C(=O)O)[C@@](C)(O)C[C@@H](C)CN(C)[C@H](C)[C@@H](O)[C@]1(C)O. The van der Waals surface area contributed by atoms with Crippen LogP contribution in [0.2, 0.25) is 0 Å². The van der Waals surface area contributed by atoms with Crippen molar-refractivity contribution in [1.29, 1.82) is 0 Å². The molecule has 1 aliphatic carbocycles. The lowest BCUT2D eigenvalue weighted by atomic mass is 9.75. The minimum Gasteiger partial charge on any atom is -0.490 e. The Morgan fingerprint density at radius 2 is 1.74 bits per heavy atom. The number of carboxylic acid groups (broad SMARTS) is 1. The molecule has 3 unspecified atom stereocenters. The zero-order chi connectivity index (χ0) is 38.1. The number of cyclic esters (lactones) is 1. The largest absolute Gasteiger partial charge is 0.490 e. The maximum absolute atomic E-state index is 13.6. The number of aliphatic carboxylic acids is 1. The summed E-state index contributed by atoms with van der Waals surface area (Å²) in [5.74, 6) is -5.24. The second-order valence-corrected chi connectivity index (χ2v) is 17.7. The third-order valence-corrected chi connectivity index (χ3v) is 13.1. The molecule has 288 valence electrons. The number of likely N-dealkylation sites (N-methyl/N-ethyl adjacent to an activating group) is 2. The Hall–Kier alpha value is -1.33. The lowest BCUT2D eigenvalue weighted by Gasteiger charge is -2.45. The zero-order valence-corrected chi connectivity index (χ0v) is 34.0. The first-order valence-corrected chi connectivity index (χ1v) is 19.1. The van der Waals surface area contributed by atoms with Crippen molar-refractivity contribution in [1.82, 2.24) is 9.80 Å². The number of halogens is 1. The molecule has 5 N–H and O–H groups in total. The Morgan fingerprint density at radius 1 is 1.12 bits per heavy atom. The molecule has 2 fully saturated rings. The minimum atomic E-state index is -1.79. The Balaban J connectivity index is 2.16. The number of ether oxygens (including phenoxy) is 3. The number of nitrogens with zero attached hydrogens (tertiary/aromatic N) is 2. The van der Waals surface area contributed by atoms with Gasteiger partial charge in [0.05, 0.1) is 23.7 Å². The van der Waals surface area contributed by atoms with Gasteiger partial charge in [0.2, 0.25) is 0 Å². The van der Waals surface area contributed by atoms with Crippen molar-refractivity contribution in [3.63, 3.8) is 0 Å². The number of alkyl halides is 1. The fourth-order valence-electron chi connectivity index (χ4n) is 8.16. The third-order valence-electron chi connectivity index (χ3n) is 11.5. The van der Waals surface area contributed by atoms with Crippen LogP contribution in [0.1, 0.15) is 81.1 Å². The quantitative estimate of drug-likeness (QED) is 0.0870. The van der Waals surface area contributed by atoms with Crippen molar-refractivity contribution >= 4 is 34.5 Å². The topological polar surface area (TPSA) is 169 Å². The van der Waals surface area contributed by atoms with Crippen LogP contribution in [-0.4, -0.2) is 133 Å². The van der Waals surface area contributed by atoms with E-state index in [1.165, 1.54) is 13.8 Å². The average Bonchev–Trinajstić information content (AvgIpc) is 3.02. The van der Waals surface area contributed by atoms with Crippen molar-refractivity contribution in [2.24, 2.45) is 29.6 Å². The van der Waals surface area contributed by atoms with Crippen LogP contribution in [-0.2, 0) is 23.8 Å². The number of aliphatic hydroxyl groups is 4. The van der Waals surface area contributed by atoms with Crippen LogP contribution < -0.4 is 0 Å². The van der Waals surface area contributed by atoms with Gasteiger partial charge in [-0.05, 0) is 105 Å². The summed E-state index contributed by atoms with van der Waals surface area (Å²) in [5, 5.41) is 57.7. The summed E-state index contributed by atoms with van der Waals surface area (Å²) < 4.78 is 17.8. The van der Waals surface area contributed by atoms with E-state index in [1.54, 1.807) is 33.8 Å². The number of carbonyl (C=O) groups is 2. The molecule has 0 saturated carbocycles. The molecule has 0 aromatic rings. The molecule has 0 aromatic heterocycles. The molecular formula is C37H63IN2O10. The fourth-order valence-corrected chi connectivity index (χ4v) is 8.83. The van der Waals surface area contributed by atoms with Gasteiger partial charge in [-0.3, -0.25) is 14.5 Å². The van der Waals surface area contributed by atoms with Gasteiger partial charge in [0.15, 0.2) is 0 Å². The fraction of sp³-hybridized carbons (Fsp3) is 0.838. The molecule has 0 bridgehead atoms. The van der Waals surface area contributed by atoms with Gasteiger partial charge in [-0.1, -0.05) is 43.4 Å². The molecule has 12 nitrogen and oxygen atoms in total. The van der Waals surface area contributed by atoms with Crippen LogP contribution in [0, 0.1) is 29.6 Å². The summed E-state index contributed by atoms with van der Waals surface area (Å²) in [6, 6.07) is -0.549. The molecule has 0 radical (unpaired) electrons. The van der Waals surface area contributed by atoms with Crippen LogP contribution in [0.5, 0.6) is 0 Å². The summed E-state index contributed by atoms with van der Waals surface area (Å²) in [4.78, 5) is 30.6. The molecule has 0 aromatic carbocycles. The van der Waals surface area contributed by atoms with E-state index >= 15 is 0 Å². The molecule has 3 aliphatic rings. The van der Waals surface area contributed by atoms with Crippen LogP contribution in [0.3, 0.4) is 0 Å². The lowest BCUT2D eigenvalue weighted by molar-refractivity contribution is -0.193. The monoisotopic (exact) mass is 822 g/mol. The van der Waals surface area contributed by atoms with Gasteiger partial charge >= 0.3 is 11.9 Å². The summed E-state index contributed by atoms with van der Waals surface area (Å²) in [6.45, 7) is 14.7. The van der Waals surface area contributed by atoms with Gasteiger partial charge < -0.3 is 44.6 Å². The number of hydrogen-bond acceptors (Lipinski definition) is 11. The predicted molar refractivity (Wildman–Crippen MR) is 198 cm³/mol. The van der Waals surface area contributed by atoms with Gasteiger partial charge in [-0.2, -0.15) is 0 Å². The smallest absolute Gasteiger partial charge is 0.318 e. The number of rotatable bonds is 6. The predicted octanol–water partition coefficient (Wildman–Crippen LogP) is 3.58. The van der Waals surface area contributed by atoms with Crippen LogP contribution >= 0.6 is 22.6 Å². The Labute approximate surface area is 312 Å². The maximum Gasteiger partial charge on any atom is 0.318 e. The van der Waals surface area contributed by atoms with E-state index in [0.29, 0.717) is 18.7 Å². The molecular weight excluding hydrogens is 759 g/mol. The number of esters is 1. The van der Waals surface area contributed by atoms with E-state index in [2.05, 4.69) is 22.6 Å². The molecule has 0 amide bonds. The molecule has 3 rings (SSSR count). The minimum absolute atomic E-state index is 0.150. The second kappa shape index (κ2) is 16.8. The van der Waals surface area contributed by atoms with Crippen molar-refractivity contribution < 1.29 is 49.3 Å². The lowest BCUT2D eigenvalue weighted by Crippen LogP contribution is -2.59. The third kappa shape index (κ3) is 9.23. The standard InChI is InChI=1S/C37H63IN2O10/c1-12-28-36(8,47)31(42)23(5)40(11)19-20(2)16-35(7,46)32(21(3)30(41)22(4)34(45)50-28)49-27-18-37(38,39(9)10)17-26(29(27)33(43)44)25-14-13-15-48-24(25)6/h17-18,20-25,28-32,41-42,46-47H,12-16,19H2,1-11H3,(H,43,44)/t20-,21+,22-,23-,24?,25?,28-,29?,30+,31-,32-,35+,36-,37-/m1/s1. The van der Waals surface area contributed by atoms with E-state index in [1.807, 2.05) is 50.9 Å². The number of carboxylic acids is 1. The van der Waals surface area contributed by atoms with E-state index in [-0.39, 0.29) is 36.5 Å². The molecule has 2 aliphatic heterocycles. The first kappa shape index (κ1) is 43.1. The molecule has 13 heteroatoms. The average molecular weight is 823 g/mol. The highest BCUT2D eigenvalue weighted by molar-refractivity contribution is 14.1. The van der Waals surface area contributed by atoms with Gasteiger partial charge in [0.25, 0.3) is 0 Å². The highest BCUT2D eigenvalue weighted by Gasteiger charge is 2.50. The van der Waals surface area contributed by atoms with E-state index in [4.69, 9.17) is 14.2 Å². The Bertz CT molecular complexity index is 1260. The van der Waals surface area contributed by atoms with Gasteiger partial charge in [0.1, 0.15) is 39.1 Å². The summed E-state index contributed by atoms with van der Waals surface area (Å²) >= 11 is 2.27. The Morgan fingerprint density at radius 3 is 2.28 bits per heavy atom. The summed E-state index contributed by atoms with van der Waals surface area (Å²) in [7, 11) is 5.61. The maximum atomic E-state index is 13.6. The summed E-state index contributed by atoms with van der Waals surface area (Å²) in [6.07, 6.45) is 0.585. The normalized spacial score (nSPS) is 44.7. The van der Waals surface area contributed by atoms with Crippen LogP contribution in [0.15, 0.2) is 23.5 Å². The number of hydrogen-bond donors (Lipinski definition) is 5. The van der Waals surface area contributed by atoms with Crippen molar-refractivity contribution in [2.45, 2.75) is 132 Å². The Kier molecular flexibility index (Phi) is 14.5. The van der Waals surface area contributed by atoms with Crippen LogP contribution in [0.25, 0.3) is 0 Å². The molecule has 2 heterocycles. The van der Waals surface area contributed by atoms with Crippen molar-refractivity contribution in [3.8, 4) is 0 Å². The molecule has 14 atom stereocenters. The molecule has 2 saturated heterocycles. The highest BCUT2D eigenvalue weighted by Crippen LogP contribution is 2.46. The highest BCUT2D eigenvalue weighted by atomic mass is 127. The molecule has 50 heavy (non-hydrogen) atoms. The van der Waals surface area contributed by atoms with Crippen LogP contribution in [0.4, 0.5) is 0 Å². The van der Waals surface area contributed by atoms with E-state index in [0.717, 1.165) is 12.8 Å². The molecule has 0 spiro atoms. The second-order valence-electron chi connectivity index (χ2n) is 15.9. The van der Waals surface area contributed by atoms with E-state index in [9.17, 15) is 35.1 Å². The van der Waals surface area contributed by atoms with Gasteiger partial charge in [-0.25, -0.2) is 0 Å². The summed E-state index contributed by atoms with van der Waals surface area (Å²) in [5.41, 5.74) is -2.74. The van der Waals surface area contributed by atoms with Crippen molar-refractivity contribution in [3.05, 3.63) is 23.5 Å². The first-order valence-electron chi connectivity index (χ1n) is 18.0. The zero-order valence-electron chi connectivity index (χ0n) is 31.8. The van der Waals surface area contributed by atoms with E-state index < -0.39 is 74.9 Å². The first-order chi connectivity index (χ1) is 23.0. The van der Waals surface area contributed by atoms with Gasteiger partial charge in [-0.15, -0.1) is 0 Å². The number of carbonyl (C=O) groups excluding carboxylic acids is 1. The van der Waals surface area contributed by atoms with Crippen molar-refractivity contribution in [2.75, 3.05) is 34.3 Å².